The molecule has 0 radical (unpaired) electrons. The number of rotatable bonds is 5. The summed E-state index contributed by atoms with van der Waals surface area (Å²) in [5, 5.41) is 3.40. The molecule has 2 aromatic carbocycles. The first-order chi connectivity index (χ1) is 14.1. The Hall–Kier alpha value is -3.15. The van der Waals surface area contributed by atoms with E-state index in [2.05, 4.69) is 29.0 Å². The molecule has 0 amide bonds. The zero-order valence-electron chi connectivity index (χ0n) is 16.8. The number of nitrogens with one attached hydrogen (secondary N) is 1. The van der Waals surface area contributed by atoms with Crippen LogP contribution >= 0.6 is 0 Å². The Morgan fingerprint density at radius 3 is 2.21 bits per heavy atom. The SMILES string of the molecule is CC(C)Nc1cc(N2CCN(c3ccccc3F)CC2)nc(-c2ccccc2)n1. The largest absolute Gasteiger partial charge is 0.368 e. The molecule has 150 valence electrons. The summed E-state index contributed by atoms with van der Waals surface area (Å²) < 4.78 is 14.1. The predicted molar refractivity (Wildman–Crippen MR) is 117 cm³/mol. The van der Waals surface area contributed by atoms with E-state index in [4.69, 9.17) is 9.97 Å². The van der Waals surface area contributed by atoms with E-state index in [0.29, 0.717) is 11.5 Å². The maximum absolute atomic E-state index is 14.1. The summed E-state index contributed by atoms with van der Waals surface area (Å²) in [6.07, 6.45) is 0. The Labute approximate surface area is 171 Å². The summed E-state index contributed by atoms with van der Waals surface area (Å²) >= 11 is 0. The van der Waals surface area contributed by atoms with Gasteiger partial charge in [0.25, 0.3) is 0 Å². The predicted octanol–water partition coefficient (Wildman–Crippen LogP) is 4.43. The van der Waals surface area contributed by atoms with Crippen molar-refractivity contribution in [3.63, 3.8) is 0 Å². The molecule has 1 fully saturated rings. The second-order valence-corrected chi connectivity index (χ2v) is 7.53. The summed E-state index contributed by atoms with van der Waals surface area (Å²) in [6, 6.07) is 19.3. The van der Waals surface area contributed by atoms with Crippen LogP contribution in [0.25, 0.3) is 11.4 Å². The van der Waals surface area contributed by atoms with E-state index >= 15 is 0 Å². The van der Waals surface area contributed by atoms with Gasteiger partial charge in [0.05, 0.1) is 5.69 Å². The highest BCUT2D eigenvalue weighted by molar-refractivity contribution is 5.62. The van der Waals surface area contributed by atoms with Crippen molar-refractivity contribution in [2.24, 2.45) is 0 Å². The number of piperazine rings is 1. The van der Waals surface area contributed by atoms with Crippen LogP contribution in [0.5, 0.6) is 0 Å². The summed E-state index contributed by atoms with van der Waals surface area (Å²) in [4.78, 5) is 13.9. The number of hydrogen-bond donors (Lipinski definition) is 1. The van der Waals surface area contributed by atoms with Gasteiger partial charge in [0.1, 0.15) is 17.5 Å². The van der Waals surface area contributed by atoms with Gasteiger partial charge >= 0.3 is 0 Å². The third kappa shape index (κ3) is 4.47. The minimum Gasteiger partial charge on any atom is -0.368 e. The van der Waals surface area contributed by atoms with E-state index in [1.165, 1.54) is 6.07 Å². The number of benzene rings is 2. The van der Waals surface area contributed by atoms with Crippen molar-refractivity contribution >= 4 is 17.3 Å². The van der Waals surface area contributed by atoms with Crippen molar-refractivity contribution in [1.29, 1.82) is 0 Å². The van der Waals surface area contributed by atoms with Crippen LogP contribution < -0.4 is 15.1 Å². The second kappa shape index (κ2) is 8.47. The second-order valence-electron chi connectivity index (χ2n) is 7.53. The van der Waals surface area contributed by atoms with Crippen LogP contribution in [-0.4, -0.2) is 42.2 Å². The van der Waals surface area contributed by atoms with Crippen LogP contribution in [0.3, 0.4) is 0 Å². The molecule has 0 spiro atoms. The Bertz CT molecular complexity index is 952. The van der Waals surface area contributed by atoms with Crippen LogP contribution in [0.15, 0.2) is 60.7 Å². The molecule has 0 atom stereocenters. The smallest absolute Gasteiger partial charge is 0.163 e. The van der Waals surface area contributed by atoms with Gasteiger partial charge in [-0.1, -0.05) is 42.5 Å². The first-order valence-corrected chi connectivity index (χ1v) is 10.1. The Kier molecular flexibility index (Phi) is 5.60. The van der Waals surface area contributed by atoms with Gasteiger partial charge in [0, 0.05) is 43.9 Å². The number of anilines is 3. The van der Waals surface area contributed by atoms with Crippen molar-refractivity contribution in [2.45, 2.75) is 19.9 Å². The fourth-order valence-corrected chi connectivity index (χ4v) is 3.57. The molecule has 0 unspecified atom stereocenters. The number of aromatic nitrogens is 2. The highest BCUT2D eigenvalue weighted by atomic mass is 19.1. The van der Waals surface area contributed by atoms with E-state index < -0.39 is 0 Å². The molecule has 2 heterocycles. The monoisotopic (exact) mass is 391 g/mol. The zero-order valence-corrected chi connectivity index (χ0v) is 16.8. The lowest BCUT2D eigenvalue weighted by Crippen LogP contribution is -2.47. The van der Waals surface area contributed by atoms with Crippen molar-refractivity contribution < 1.29 is 4.39 Å². The Morgan fingerprint density at radius 1 is 0.862 bits per heavy atom. The molecule has 0 saturated carbocycles. The molecule has 1 aliphatic heterocycles. The van der Waals surface area contributed by atoms with Gasteiger partial charge in [-0.05, 0) is 26.0 Å². The number of hydrogen-bond acceptors (Lipinski definition) is 5. The quantitative estimate of drug-likeness (QED) is 0.697. The fraction of sp³-hybridized carbons (Fsp3) is 0.304. The molecule has 1 N–H and O–H groups in total. The minimum atomic E-state index is -0.169. The lowest BCUT2D eigenvalue weighted by molar-refractivity contribution is 0.596. The molecule has 0 aliphatic carbocycles. The highest BCUT2D eigenvalue weighted by Gasteiger charge is 2.21. The van der Waals surface area contributed by atoms with Gasteiger partial charge in [0.15, 0.2) is 5.82 Å². The van der Waals surface area contributed by atoms with Crippen molar-refractivity contribution in [2.75, 3.05) is 41.3 Å². The topological polar surface area (TPSA) is 44.3 Å². The first kappa shape index (κ1) is 19.2. The van der Waals surface area contributed by atoms with Gasteiger partial charge in [-0.25, -0.2) is 14.4 Å². The summed E-state index contributed by atoms with van der Waals surface area (Å²) in [5.74, 6) is 2.26. The number of para-hydroxylation sites is 1. The van der Waals surface area contributed by atoms with Gasteiger partial charge in [-0.2, -0.15) is 0 Å². The molecule has 29 heavy (non-hydrogen) atoms. The van der Waals surface area contributed by atoms with E-state index in [-0.39, 0.29) is 11.9 Å². The summed E-state index contributed by atoms with van der Waals surface area (Å²) in [6.45, 7) is 7.24. The van der Waals surface area contributed by atoms with Crippen molar-refractivity contribution in [3.05, 3.63) is 66.5 Å². The van der Waals surface area contributed by atoms with Crippen molar-refractivity contribution in [3.8, 4) is 11.4 Å². The normalized spacial score (nSPS) is 14.3. The van der Waals surface area contributed by atoms with Gasteiger partial charge in [-0.3, -0.25) is 0 Å². The van der Waals surface area contributed by atoms with Crippen molar-refractivity contribution in [1.82, 2.24) is 9.97 Å². The molecule has 1 saturated heterocycles. The standard InChI is InChI=1S/C23H26FN5/c1-17(2)25-21-16-22(27-23(26-21)18-8-4-3-5-9-18)29-14-12-28(13-15-29)20-11-7-6-10-19(20)24/h3-11,16-17H,12-15H2,1-2H3,(H,25,26,27). The molecule has 3 aromatic rings. The van der Waals surface area contributed by atoms with Crippen LogP contribution in [0.2, 0.25) is 0 Å². The van der Waals surface area contributed by atoms with Crippen LogP contribution in [0.1, 0.15) is 13.8 Å². The van der Waals surface area contributed by atoms with Gasteiger partial charge < -0.3 is 15.1 Å². The molecule has 0 bridgehead atoms. The van der Waals surface area contributed by atoms with Gasteiger partial charge in [0.2, 0.25) is 0 Å². The average Bonchev–Trinajstić information content (AvgIpc) is 2.74. The molecule has 1 aliphatic rings. The number of nitrogens with zero attached hydrogens (tertiary/aromatic N) is 4. The fourth-order valence-electron chi connectivity index (χ4n) is 3.57. The van der Waals surface area contributed by atoms with E-state index in [1.807, 2.05) is 48.5 Å². The van der Waals surface area contributed by atoms with E-state index in [1.54, 1.807) is 6.07 Å². The molecule has 5 nitrogen and oxygen atoms in total. The molecule has 6 heteroatoms. The average molecular weight is 391 g/mol. The van der Waals surface area contributed by atoms with Crippen LogP contribution in [-0.2, 0) is 0 Å². The molecule has 1 aromatic heterocycles. The first-order valence-electron chi connectivity index (χ1n) is 10.1. The summed E-state index contributed by atoms with van der Waals surface area (Å²) in [7, 11) is 0. The third-order valence-electron chi connectivity index (χ3n) is 4.98. The Balaban J connectivity index is 1.57. The number of halogens is 1. The molecular weight excluding hydrogens is 365 g/mol. The third-order valence-corrected chi connectivity index (χ3v) is 4.98. The van der Waals surface area contributed by atoms with E-state index in [9.17, 15) is 4.39 Å². The maximum Gasteiger partial charge on any atom is 0.163 e. The van der Waals surface area contributed by atoms with Crippen LogP contribution in [0, 0.1) is 5.82 Å². The lowest BCUT2D eigenvalue weighted by atomic mass is 10.2. The maximum atomic E-state index is 14.1. The van der Waals surface area contributed by atoms with Gasteiger partial charge in [-0.15, -0.1) is 0 Å². The minimum absolute atomic E-state index is 0.169. The lowest BCUT2D eigenvalue weighted by Gasteiger charge is -2.37. The van der Waals surface area contributed by atoms with E-state index in [0.717, 1.165) is 43.4 Å². The van der Waals surface area contributed by atoms with Crippen LogP contribution in [0.4, 0.5) is 21.7 Å². The Morgan fingerprint density at radius 2 is 1.52 bits per heavy atom. The molecular formula is C23H26FN5. The summed E-state index contributed by atoms with van der Waals surface area (Å²) in [5.41, 5.74) is 1.66. The molecule has 4 rings (SSSR count). The zero-order chi connectivity index (χ0) is 20.2. The highest BCUT2D eigenvalue weighted by Crippen LogP contribution is 2.26.